The third-order valence-electron chi connectivity index (χ3n) is 5.86. The number of imidazole rings is 1. The molecule has 2 fully saturated rings. The van der Waals surface area contributed by atoms with Crippen molar-refractivity contribution in [2.45, 2.75) is 38.0 Å². The quantitative estimate of drug-likeness (QED) is 0.788. The van der Waals surface area contributed by atoms with Crippen LogP contribution < -0.4 is 0 Å². The lowest BCUT2D eigenvalue weighted by atomic mass is 10.1. The molecule has 2 aliphatic rings. The number of carbonyl (C=O) groups is 1. The Kier molecular flexibility index (Phi) is 5.45. The monoisotopic (exact) mass is 402 g/mol. The Morgan fingerprint density at radius 2 is 2.14 bits per heavy atom. The van der Waals surface area contributed by atoms with Crippen LogP contribution in [0.3, 0.4) is 0 Å². The Morgan fingerprint density at radius 3 is 2.89 bits per heavy atom. The van der Waals surface area contributed by atoms with Crippen LogP contribution in [0.2, 0.25) is 5.02 Å². The number of benzene rings is 1. The van der Waals surface area contributed by atoms with Crippen LogP contribution in [-0.2, 0) is 9.53 Å². The summed E-state index contributed by atoms with van der Waals surface area (Å²) < 4.78 is 8.28. The van der Waals surface area contributed by atoms with Gasteiger partial charge in [0, 0.05) is 62.2 Å². The van der Waals surface area contributed by atoms with E-state index in [0.29, 0.717) is 25.1 Å². The van der Waals surface area contributed by atoms with Crippen molar-refractivity contribution in [1.29, 1.82) is 0 Å². The number of ether oxygens (including phenoxy) is 1. The van der Waals surface area contributed by atoms with Crippen LogP contribution in [0.5, 0.6) is 0 Å². The maximum absolute atomic E-state index is 12.0. The van der Waals surface area contributed by atoms with Crippen LogP contribution >= 0.6 is 11.6 Å². The standard InChI is InChI=1S/C21H27ClN4O2/c1-14-8-15(22)4-5-19(14)21-23-6-7-26(21)16-9-17-13-28-18(12-25(17)11-16)10-20(27)24(2)3/h4-8,16-18H,9-13H2,1-3H3/t16-,17+,18+/m1/s1. The molecule has 2 aliphatic heterocycles. The van der Waals surface area contributed by atoms with E-state index in [1.807, 2.05) is 24.4 Å². The molecule has 0 saturated carbocycles. The van der Waals surface area contributed by atoms with Crippen molar-refractivity contribution in [1.82, 2.24) is 19.4 Å². The topological polar surface area (TPSA) is 50.6 Å². The van der Waals surface area contributed by atoms with Gasteiger partial charge >= 0.3 is 0 Å². The predicted octanol–water partition coefficient (Wildman–Crippen LogP) is 3.00. The molecule has 0 spiro atoms. The molecule has 0 N–H and O–H groups in total. The number of nitrogens with zero attached hydrogens (tertiary/aromatic N) is 4. The van der Waals surface area contributed by atoms with Gasteiger partial charge in [-0.2, -0.15) is 0 Å². The van der Waals surface area contributed by atoms with Crippen molar-refractivity contribution < 1.29 is 9.53 Å². The Balaban J connectivity index is 1.48. The van der Waals surface area contributed by atoms with Crippen molar-refractivity contribution in [2.75, 3.05) is 33.8 Å². The number of aromatic nitrogens is 2. The maximum Gasteiger partial charge on any atom is 0.224 e. The minimum absolute atomic E-state index is 0.0225. The molecule has 1 amide bonds. The second-order valence-corrected chi connectivity index (χ2v) is 8.50. The Hall–Kier alpha value is -1.89. The third kappa shape index (κ3) is 3.81. The fourth-order valence-corrected chi connectivity index (χ4v) is 4.54. The summed E-state index contributed by atoms with van der Waals surface area (Å²) in [6.07, 6.45) is 5.40. The van der Waals surface area contributed by atoms with Crippen LogP contribution in [0.1, 0.15) is 24.4 Å². The first-order valence-corrected chi connectivity index (χ1v) is 10.2. The summed E-state index contributed by atoms with van der Waals surface area (Å²) in [5, 5.41) is 0.743. The maximum atomic E-state index is 12.0. The largest absolute Gasteiger partial charge is 0.375 e. The van der Waals surface area contributed by atoms with Crippen LogP contribution in [0.4, 0.5) is 0 Å². The number of morpholine rings is 1. The van der Waals surface area contributed by atoms with Gasteiger partial charge in [-0.1, -0.05) is 11.6 Å². The van der Waals surface area contributed by atoms with Crippen molar-refractivity contribution in [2.24, 2.45) is 0 Å². The van der Waals surface area contributed by atoms with Crippen molar-refractivity contribution in [3.05, 3.63) is 41.2 Å². The zero-order valence-electron chi connectivity index (χ0n) is 16.6. The van der Waals surface area contributed by atoms with E-state index >= 15 is 0 Å². The number of hydrogen-bond acceptors (Lipinski definition) is 4. The smallest absolute Gasteiger partial charge is 0.224 e. The molecule has 6 nitrogen and oxygen atoms in total. The van der Waals surface area contributed by atoms with E-state index in [2.05, 4.69) is 27.6 Å². The van der Waals surface area contributed by atoms with Gasteiger partial charge in [0.15, 0.2) is 0 Å². The van der Waals surface area contributed by atoms with Gasteiger partial charge in [0.1, 0.15) is 5.82 Å². The van der Waals surface area contributed by atoms with E-state index in [1.54, 1.807) is 19.0 Å². The first kappa shape index (κ1) is 19.4. The van der Waals surface area contributed by atoms with Crippen LogP contribution in [0.15, 0.2) is 30.6 Å². The number of rotatable bonds is 4. The minimum atomic E-state index is -0.0225. The fourth-order valence-electron chi connectivity index (χ4n) is 4.31. The molecular weight excluding hydrogens is 376 g/mol. The summed E-state index contributed by atoms with van der Waals surface area (Å²) in [4.78, 5) is 20.8. The fraction of sp³-hybridized carbons (Fsp3) is 0.524. The average Bonchev–Trinajstić information content (AvgIpc) is 3.27. The van der Waals surface area contributed by atoms with Crippen LogP contribution in [0, 0.1) is 6.92 Å². The molecule has 0 radical (unpaired) electrons. The van der Waals surface area contributed by atoms with Gasteiger partial charge in [-0.3, -0.25) is 9.69 Å². The number of amides is 1. The van der Waals surface area contributed by atoms with E-state index in [4.69, 9.17) is 16.3 Å². The molecule has 150 valence electrons. The molecule has 1 aromatic heterocycles. The summed E-state index contributed by atoms with van der Waals surface area (Å²) in [7, 11) is 3.58. The Morgan fingerprint density at radius 1 is 1.32 bits per heavy atom. The summed E-state index contributed by atoms with van der Waals surface area (Å²) in [6, 6.07) is 6.70. The highest BCUT2D eigenvalue weighted by atomic mass is 35.5. The van der Waals surface area contributed by atoms with Crippen molar-refractivity contribution >= 4 is 17.5 Å². The highest BCUT2D eigenvalue weighted by Gasteiger charge is 2.39. The van der Waals surface area contributed by atoms with Gasteiger partial charge in [-0.05, 0) is 37.1 Å². The SMILES string of the molecule is Cc1cc(Cl)ccc1-c1nccn1[C@@H]1C[C@H]2CO[C@@H](CC(=O)N(C)C)CN2C1. The van der Waals surface area contributed by atoms with Gasteiger partial charge in [-0.25, -0.2) is 4.98 Å². The Labute approximate surface area is 171 Å². The lowest BCUT2D eigenvalue weighted by molar-refractivity contribution is -0.134. The van der Waals surface area contributed by atoms with Crippen LogP contribution in [-0.4, -0.2) is 71.2 Å². The van der Waals surface area contributed by atoms with E-state index in [-0.39, 0.29) is 12.0 Å². The van der Waals surface area contributed by atoms with Gasteiger partial charge < -0.3 is 14.2 Å². The molecule has 0 bridgehead atoms. The van der Waals surface area contributed by atoms with Crippen molar-refractivity contribution in [3.8, 4) is 11.4 Å². The summed E-state index contributed by atoms with van der Waals surface area (Å²) in [5.41, 5.74) is 2.24. The summed E-state index contributed by atoms with van der Waals surface area (Å²) in [5.74, 6) is 1.11. The molecule has 2 aromatic rings. The zero-order valence-corrected chi connectivity index (χ0v) is 17.4. The van der Waals surface area contributed by atoms with Gasteiger partial charge in [0.05, 0.1) is 19.1 Å². The number of carbonyl (C=O) groups excluding carboxylic acids is 1. The lowest BCUT2D eigenvalue weighted by Crippen LogP contribution is -2.47. The van der Waals surface area contributed by atoms with E-state index in [0.717, 1.165) is 41.5 Å². The summed E-state index contributed by atoms with van der Waals surface area (Å²) >= 11 is 6.12. The second kappa shape index (κ2) is 7.85. The molecule has 7 heteroatoms. The highest BCUT2D eigenvalue weighted by Crippen LogP contribution is 2.34. The van der Waals surface area contributed by atoms with Crippen molar-refractivity contribution in [3.63, 3.8) is 0 Å². The minimum Gasteiger partial charge on any atom is -0.375 e. The van der Waals surface area contributed by atoms with Gasteiger partial charge in [0.25, 0.3) is 0 Å². The lowest BCUT2D eigenvalue weighted by Gasteiger charge is -2.35. The molecule has 1 aromatic carbocycles. The normalized spacial score (nSPS) is 24.9. The molecule has 3 heterocycles. The number of hydrogen-bond donors (Lipinski definition) is 0. The highest BCUT2D eigenvalue weighted by molar-refractivity contribution is 6.30. The van der Waals surface area contributed by atoms with E-state index < -0.39 is 0 Å². The average molecular weight is 403 g/mol. The van der Waals surface area contributed by atoms with Gasteiger partial charge in [-0.15, -0.1) is 0 Å². The second-order valence-electron chi connectivity index (χ2n) is 8.06. The molecule has 0 unspecified atom stereocenters. The molecule has 2 saturated heterocycles. The first-order chi connectivity index (χ1) is 13.4. The van der Waals surface area contributed by atoms with E-state index in [9.17, 15) is 4.79 Å². The number of aryl methyl sites for hydroxylation is 1. The molecule has 28 heavy (non-hydrogen) atoms. The molecule has 4 rings (SSSR count). The molecule has 0 aliphatic carbocycles. The predicted molar refractivity (Wildman–Crippen MR) is 109 cm³/mol. The molecule has 3 atom stereocenters. The summed E-state index contributed by atoms with van der Waals surface area (Å²) in [6.45, 7) is 4.52. The molecular formula is C21H27ClN4O2. The van der Waals surface area contributed by atoms with Crippen LogP contribution in [0.25, 0.3) is 11.4 Å². The van der Waals surface area contributed by atoms with E-state index in [1.165, 1.54) is 0 Å². The third-order valence-corrected chi connectivity index (χ3v) is 6.10. The number of fused-ring (bicyclic) bond motifs is 1. The number of halogens is 1. The zero-order chi connectivity index (χ0) is 19.8. The first-order valence-electron chi connectivity index (χ1n) is 9.77. The Bertz CT molecular complexity index is 866. The van der Waals surface area contributed by atoms with Gasteiger partial charge in [0.2, 0.25) is 5.91 Å².